The first-order chi connectivity index (χ1) is 14.9. The molecule has 0 radical (unpaired) electrons. The normalized spacial score (nSPS) is 14.5. The largest absolute Gasteiger partial charge is 0.368 e. The van der Waals surface area contributed by atoms with Gasteiger partial charge in [-0.05, 0) is 55.0 Å². The van der Waals surface area contributed by atoms with Crippen LogP contribution in [0.3, 0.4) is 0 Å². The second-order valence-corrected chi connectivity index (χ2v) is 8.73. The number of nitrogens with one attached hydrogen (secondary N) is 2. The number of carbonyl (C=O) groups excluding carboxylic acids is 1. The van der Waals surface area contributed by atoms with Crippen LogP contribution in [0.5, 0.6) is 0 Å². The number of anilines is 2. The molecule has 5 nitrogen and oxygen atoms in total. The van der Waals surface area contributed by atoms with Crippen LogP contribution in [0.15, 0.2) is 54.6 Å². The van der Waals surface area contributed by atoms with Crippen molar-refractivity contribution in [2.45, 2.75) is 0 Å². The Labute approximate surface area is 196 Å². The molecule has 3 aromatic carbocycles. The summed E-state index contributed by atoms with van der Waals surface area (Å²) >= 11 is 18.1. The van der Waals surface area contributed by atoms with Crippen LogP contribution < -0.4 is 15.5 Å². The summed E-state index contributed by atoms with van der Waals surface area (Å²) in [7, 11) is 2.12. The number of hydrogen-bond donors (Lipinski definition) is 2. The van der Waals surface area contributed by atoms with Crippen LogP contribution in [0.25, 0.3) is 10.8 Å². The van der Waals surface area contributed by atoms with Crippen LogP contribution in [0.4, 0.5) is 11.4 Å². The molecular weight excluding hydrogens is 451 g/mol. The highest BCUT2D eigenvalue weighted by Gasteiger charge is 2.17. The zero-order chi connectivity index (χ0) is 22.0. The van der Waals surface area contributed by atoms with Gasteiger partial charge in [-0.1, -0.05) is 47.5 Å². The van der Waals surface area contributed by atoms with Crippen molar-refractivity contribution in [1.29, 1.82) is 0 Å². The summed E-state index contributed by atoms with van der Waals surface area (Å²) < 4.78 is 0. The summed E-state index contributed by atoms with van der Waals surface area (Å²) in [4.78, 5) is 17.4. The highest BCUT2D eigenvalue weighted by atomic mass is 35.5. The minimum Gasteiger partial charge on any atom is -0.368 e. The van der Waals surface area contributed by atoms with E-state index in [2.05, 4.69) is 27.5 Å². The molecule has 1 amide bonds. The van der Waals surface area contributed by atoms with Gasteiger partial charge in [0.15, 0.2) is 5.11 Å². The first kappa shape index (κ1) is 21.8. The van der Waals surface area contributed by atoms with E-state index in [0.29, 0.717) is 21.3 Å². The summed E-state index contributed by atoms with van der Waals surface area (Å²) in [6.07, 6.45) is 0. The number of fused-ring (bicyclic) bond motifs is 1. The van der Waals surface area contributed by atoms with Gasteiger partial charge >= 0.3 is 0 Å². The Kier molecular flexibility index (Phi) is 6.62. The fourth-order valence-electron chi connectivity index (χ4n) is 3.69. The predicted molar refractivity (Wildman–Crippen MR) is 134 cm³/mol. The molecule has 1 saturated heterocycles. The lowest BCUT2D eigenvalue weighted by Gasteiger charge is -2.34. The number of piperazine rings is 1. The smallest absolute Gasteiger partial charge is 0.258 e. The van der Waals surface area contributed by atoms with Crippen LogP contribution >= 0.6 is 35.4 Å². The number of likely N-dealkylation sites (N-methyl/N-ethyl adjacent to an activating group) is 1. The Hall–Kier alpha value is -2.38. The summed E-state index contributed by atoms with van der Waals surface area (Å²) in [5, 5.41) is 8.82. The van der Waals surface area contributed by atoms with E-state index in [-0.39, 0.29) is 11.0 Å². The van der Waals surface area contributed by atoms with Crippen molar-refractivity contribution in [3.63, 3.8) is 0 Å². The van der Waals surface area contributed by atoms with Gasteiger partial charge < -0.3 is 15.1 Å². The van der Waals surface area contributed by atoms with Gasteiger partial charge in [-0.2, -0.15) is 0 Å². The zero-order valence-corrected chi connectivity index (χ0v) is 19.3. The van der Waals surface area contributed by atoms with E-state index >= 15 is 0 Å². The fraction of sp³-hybridized carbons (Fsp3) is 0.217. The molecule has 31 heavy (non-hydrogen) atoms. The lowest BCUT2D eigenvalue weighted by atomic mass is 10.0. The molecule has 0 aromatic heterocycles. The average molecular weight is 473 g/mol. The Balaban J connectivity index is 1.44. The van der Waals surface area contributed by atoms with Crippen molar-refractivity contribution in [1.82, 2.24) is 10.2 Å². The van der Waals surface area contributed by atoms with Crippen molar-refractivity contribution in [2.24, 2.45) is 0 Å². The second kappa shape index (κ2) is 9.40. The minimum atomic E-state index is -0.300. The number of carbonyl (C=O) groups is 1. The quantitative estimate of drug-likeness (QED) is 0.523. The molecule has 8 heteroatoms. The topological polar surface area (TPSA) is 47.6 Å². The molecule has 1 fully saturated rings. The number of benzene rings is 3. The lowest BCUT2D eigenvalue weighted by Crippen LogP contribution is -2.44. The molecule has 0 unspecified atom stereocenters. The number of amides is 1. The summed E-state index contributed by atoms with van der Waals surface area (Å²) in [6, 6.07) is 16.6. The standard InChI is InChI=1S/C23H22Cl2N4OS/c1-28-10-12-29(13-11-28)21-9-8-15(14-20(21)25)26-23(31)27-22(30)18-6-2-5-17-16(18)4-3-7-19(17)24/h2-9,14H,10-13H2,1H3,(H2,26,27,30,31). The predicted octanol–water partition coefficient (Wildman–Crippen LogP) is 5.03. The number of rotatable bonds is 3. The molecule has 0 aliphatic carbocycles. The van der Waals surface area contributed by atoms with E-state index in [9.17, 15) is 4.79 Å². The van der Waals surface area contributed by atoms with E-state index < -0.39 is 0 Å². The second-order valence-electron chi connectivity index (χ2n) is 7.51. The summed E-state index contributed by atoms with van der Waals surface area (Å²) in [5.41, 5.74) is 2.23. The van der Waals surface area contributed by atoms with Crippen molar-refractivity contribution in [3.05, 3.63) is 70.2 Å². The Morgan fingerprint density at radius 3 is 2.39 bits per heavy atom. The Morgan fingerprint density at radius 1 is 0.935 bits per heavy atom. The Morgan fingerprint density at radius 2 is 1.65 bits per heavy atom. The molecule has 4 rings (SSSR count). The number of thiocarbonyl (C=S) groups is 1. The van der Waals surface area contributed by atoms with Crippen molar-refractivity contribution < 1.29 is 4.79 Å². The minimum absolute atomic E-state index is 0.201. The van der Waals surface area contributed by atoms with Gasteiger partial charge in [0.1, 0.15) is 0 Å². The maximum Gasteiger partial charge on any atom is 0.258 e. The van der Waals surface area contributed by atoms with Gasteiger partial charge in [-0.3, -0.25) is 10.1 Å². The van der Waals surface area contributed by atoms with Crippen LogP contribution in [-0.2, 0) is 0 Å². The van der Waals surface area contributed by atoms with Crippen LogP contribution in [0.1, 0.15) is 10.4 Å². The number of nitrogens with zero attached hydrogens (tertiary/aromatic N) is 2. The molecule has 1 aliphatic heterocycles. The maximum absolute atomic E-state index is 12.8. The lowest BCUT2D eigenvalue weighted by molar-refractivity contribution is 0.0979. The monoisotopic (exact) mass is 472 g/mol. The van der Waals surface area contributed by atoms with Crippen LogP contribution in [-0.4, -0.2) is 49.1 Å². The third-order valence-electron chi connectivity index (χ3n) is 5.39. The van der Waals surface area contributed by atoms with Gasteiger partial charge in [0.05, 0.1) is 10.7 Å². The van der Waals surface area contributed by atoms with Crippen LogP contribution in [0, 0.1) is 0 Å². The van der Waals surface area contributed by atoms with Crippen molar-refractivity contribution in [2.75, 3.05) is 43.4 Å². The molecule has 0 saturated carbocycles. The van der Waals surface area contributed by atoms with E-state index in [1.807, 2.05) is 36.4 Å². The first-order valence-electron chi connectivity index (χ1n) is 9.95. The average Bonchev–Trinajstić information content (AvgIpc) is 2.74. The maximum atomic E-state index is 12.8. The van der Waals surface area contributed by atoms with Gasteiger partial charge in [0.25, 0.3) is 5.91 Å². The molecule has 0 spiro atoms. The summed E-state index contributed by atoms with van der Waals surface area (Å²) in [5.74, 6) is -0.300. The van der Waals surface area contributed by atoms with E-state index in [1.165, 1.54) is 0 Å². The highest BCUT2D eigenvalue weighted by molar-refractivity contribution is 7.80. The SMILES string of the molecule is CN1CCN(c2ccc(NC(=S)NC(=O)c3cccc4c(Cl)cccc34)cc2Cl)CC1. The molecule has 3 aromatic rings. The van der Waals surface area contributed by atoms with Gasteiger partial charge in [-0.25, -0.2) is 0 Å². The Bertz CT molecular complexity index is 1150. The van der Waals surface area contributed by atoms with E-state index in [0.717, 1.165) is 42.6 Å². The van der Waals surface area contributed by atoms with E-state index in [4.69, 9.17) is 35.4 Å². The van der Waals surface area contributed by atoms with Crippen molar-refractivity contribution in [3.8, 4) is 0 Å². The molecule has 2 N–H and O–H groups in total. The zero-order valence-electron chi connectivity index (χ0n) is 17.0. The molecule has 0 atom stereocenters. The highest BCUT2D eigenvalue weighted by Crippen LogP contribution is 2.30. The molecule has 1 aliphatic rings. The van der Waals surface area contributed by atoms with Gasteiger partial charge in [-0.15, -0.1) is 0 Å². The molecular formula is C23H22Cl2N4OS. The number of halogens is 2. The van der Waals surface area contributed by atoms with Crippen molar-refractivity contribution >= 4 is 68.6 Å². The third-order valence-corrected chi connectivity index (χ3v) is 6.23. The number of hydrogen-bond acceptors (Lipinski definition) is 4. The first-order valence-corrected chi connectivity index (χ1v) is 11.1. The van der Waals surface area contributed by atoms with E-state index in [1.54, 1.807) is 18.2 Å². The molecule has 0 bridgehead atoms. The van der Waals surface area contributed by atoms with Gasteiger partial charge in [0, 0.05) is 47.8 Å². The molecule has 1 heterocycles. The third kappa shape index (κ3) is 4.93. The summed E-state index contributed by atoms with van der Waals surface area (Å²) in [6.45, 7) is 3.89. The fourth-order valence-corrected chi connectivity index (χ4v) is 4.44. The van der Waals surface area contributed by atoms with Crippen LogP contribution in [0.2, 0.25) is 10.0 Å². The molecule has 160 valence electrons. The van der Waals surface area contributed by atoms with Gasteiger partial charge in [0.2, 0.25) is 0 Å².